The molecule has 0 saturated heterocycles. The molecule has 3 heterocycles. The zero-order chi connectivity index (χ0) is 16.7. The highest BCUT2D eigenvalue weighted by Gasteiger charge is 2.30. The Bertz CT molecular complexity index is 915. The molecule has 24 heavy (non-hydrogen) atoms. The van der Waals surface area contributed by atoms with E-state index >= 15 is 0 Å². The van der Waals surface area contributed by atoms with Gasteiger partial charge in [-0.1, -0.05) is 25.1 Å². The fourth-order valence-electron chi connectivity index (χ4n) is 3.54. The average Bonchev–Trinajstić information content (AvgIpc) is 3.00. The Morgan fingerprint density at radius 1 is 1.21 bits per heavy atom. The molecule has 0 saturated carbocycles. The molecule has 0 fully saturated rings. The summed E-state index contributed by atoms with van der Waals surface area (Å²) in [6.07, 6.45) is 4.83. The van der Waals surface area contributed by atoms with Gasteiger partial charge in [0.1, 0.15) is 5.82 Å². The fourth-order valence-corrected chi connectivity index (χ4v) is 3.54. The van der Waals surface area contributed by atoms with Crippen molar-refractivity contribution in [1.29, 1.82) is 0 Å². The Labute approximate surface area is 140 Å². The lowest BCUT2D eigenvalue weighted by molar-refractivity contribution is 0.0971. The Balaban J connectivity index is 1.80. The van der Waals surface area contributed by atoms with Crippen molar-refractivity contribution in [2.45, 2.75) is 39.2 Å². The minimum Gasteiger partial charge on any atom is -0.305 e. The van der Waals surface area contributed by atoms with E-state index in [0.717, 1.165) is 36.4 Å². The molecule has 1 aliphatic heterocycles. The van der Waals surface area contributed by atoms with Crippen LogP contribution in [-0.2, 0) is 6.42 Å². The molecule has 4 rings (SSSR count). The summed E-state index contributed by atoms with van der Waals surface area (Å²) in [5.74, 6) is 0.828. The lowest BCUT2D eigenvalue weighted by Crippen LogP contribution is -2.43. The van der Waals surface area contributed by atoms with Crippen LogP contribution in [0.25, 0.3) is 5.65 Å². The molecule has 1 atom stereocenters. The van der Waals surface area contributed by atoms with E-state index in [2.05, 4.69) is 29.3 Å². The molecule has 1 amide bonds. The van der Waals surface area contributed by atoms with E-state index in [1.807, 2.05) is 46.7 Å². The summed E-state index contributed by atoms with van der Waals surface area (Å²) >= 11 is 0. The van der Waals surface area contributed by atoms with Crippen molar-refractivity contribution in [3.05, 3.63) is 59.5 Å². The van der Waals surface area contributed by atoms with Gasteiger partial charge in [-0.05, 0) is 49.9 Å². The van der Waals surface area contributed by atoms with Crippen LogP contribution < -0.4 is 4.90 Å². The molecule has 3 aromatic rings. The highest BCUT2D eigenvalue weighted by Crippen LogP contribution is 2.33. The van der Waals surface area contributed by atoms with Gasteiger partial charge in [0.25, 0.3) is 5.91 Å². The maximum atomic E-state index is 13.3. The fraction of sp³-hybridized carbons (Fsp3) is 0.316. The third kappa shape index (κ3) is 2.28. The van der Waals surface area contributed by atoms with E-state index in [0.29, 0.717) is 5.56 Å². The molecule has 5 nitrogen and oxygen atoms in total. The molecule has 0 spiro atoms. The summed E-state index contributed by atoms with van der Waals surface area (Å²) in [5, 5.41) is 8.15. The first-order valence-corrected chi connectivity index (χ1v) is 8.42. The number of hydrogen-bond donors (Lipinski definition) is 0. The van der Waals surface area contributed by atoms with Gasteiger partial charge in [0, 0.05) is 17.9 Å². The van der Waals surface area contributed by atoms with Gasteiger partial charge in [-0.2, -0.15) is 0 Å². The Morgan fingerprint density at radius 2 is 2.04 bits per heavy atom. The number of anilines is 1. The summed E-state index contributed by atoms with van der Waals surface area (Å²) < 4.78 is 1.87. The summed E-state index contributed by atoms with van der Waals surface area (Å²) in [4.78, 5) is 15.3. The lowest BCUT2D eigenvalue weighted by atomic mass is 9.93. The predicted octanol–water partition coefficient (Wildman–Crippen LogP) is 3.41. The second-order valence-corrected chi connectivity index (χ2v) is 6.30. The second kappa shape index (κ2) is 5.74. The van der Waals surface area contributed by atoms with Crippen LogP contribution in [0.2, 0.25) is 0 Å². The van der Waals surface area contributed by atoms with E-state index in [-0.39, 0.29) is 11.9 Å². The van der Waals surface area contributed by atoms with Crippen molar-refractivity contribution in [3.63, 3.8) is 0 Å². The van der Waals surface area contributed by atoms with Crippen molar-refractivity contribution < 1.29 is 4.79 Å². The van der Waals surface area contributed by atoms with E-state index in [1.165, 1.54) is 5.56 Å². The van der Waals surface area contributed by atoms with Crippen molar-refractivity contribution in [2.24, 2.45) is 0 Å². The van der Waals surface area contributed by atoms with Crippen LogP contribution in [0.4, 0.5) is 5.69 Å². The molecule has 2 aromatic heterocycles. The molecular weight excluding hydrogens is 300 g/mol. The minimum atomic E-state index is 0.0454. The van der Waals surface area contributed by atoms with Crippen LogP contribution in [0.1, 0.15) is 41.5 Å². The number of amides is 1. The number of fused-ring (bicyclic) bond motifs is 2. The molecule has 1 aromatic carbocycles. The first kappa shape index (κ1) is 14.9. The molecule has 1 aliphatic rings. The number of hydrogen-bond acceptors (Lipinski definition) is 3. The number of carbonyl (C=O) groups is 1. The molecule has 0 radical (unpaired) electrons. The van der Waals surface area contributed by atoms with E-state index in [1.54, 1.807) is 0 Å². The van der Waals surface area contributed by atoms with Crippen LogP contribution in [0, 0.1) is 6.92 Å². The number of aryl methyl sites for hydroxylation is 2. The van der Waals surface area contributed by atoms with Gasteiger partial charge in [0.15, 0.2) is 5.65 Å². The standard InChI is InChI=1S/C19H20N4O/c1-3-16-10-8-14-6-4-5-7-17(14)23(16)19(24)15-9-11-18-21-20-13(2)22(18)12-15/h4-7,9,11-12,16H,3,8,10H2,1-2H3. The number of nitrogens with zero attached hydrogens (tertiary/aromatic N) is 4. The third-order valence-corrected chi connectivity index (χ3v) is 4.87. The summed E-state index contributed by atoms with van der Waals surface area (Å²) in [6, 6.07) is 12.2. The van der Waals surface area contributed by atoms with Crippen LogP contribution in [0.5, 0.6) is 0 Å². The smallest absolute Gasteiger partial charge is 0.260 e. The van der Waals surface area contributed by atoms with Gasteiger partial charge in [0.05, 0.1) is 5.56 Å². The Morgan fingerprint density at radius 3 is 2.88 bits per heavy atom. The number of aromatic nitrogens is 3. The van der Waals surface area contributed by atoms with Gasteiger partial charge >= 0.3 is 0 Å². The molecular formula is C19H20N4O. The van der Waals surface area contributed by atoms with Gasteiger partial charge in [-0.25, -0.2) is 0 Å². The topological polar surface area (TPSA) is 50.5 Å². The maximum absolute atomic E-state index is 13.3. The second-order valence-electron chi connectivity index (χ2n) is 6.30. The zero-order valence-electron chi connectivity index (χ0n) is 13.9. The lowest BCUT2D eigenvalue weighted by Gasteiger charge is -2.37. The van der Waals surface area contributed by atoms with Crippen molar-refractivity contribution >= 4 is 17.2 Å². The molecule has 122 valence electrons. The molecule has 0 N–H and O–H groups in total. The van der Waals surface area contributed by atoms with Crippen molar-refractivity contribution in [2.75, 3.05) is 4.90 Å². The number of carbonyl (C=O) groups excluding carboxylic acids is 1. The van der Waals surface area contributed by atoms with E-state index in [4.69, 9.17) is 0 Å². The molecule has 5 heteroatoms. The molecule has 1 unspecified atom stereocenters. The number of benzene rings is 1. The van der Waals surface area contributed by atoms with Crippen LogP contribution in [0.3, 0.4) is 0 Å². The summed E-state index contributed by atoms with van der Waals surface area (Å²) in [7, 11) is 0. The third-order valence-electron chi connectivity index (χ3n) is 4.87. The largest absolute Gasteiger partial charge is 0.305 e. The monoisotopic (exact) mass is 320 g/mol. The Kier molecular flexibility index (Phi) is 3.56. The number of rotatable bonds is 2. The highest BCUT2D eigenvalue weighted by atomic mass is 16.2. The van der Waals surface area contributed by atoms with Crippen LogP contribution in [0.15, 0.2) is 42.6 Å². The minimum absolute atomic E-state index is 0.0454. The van der Waals surface area contributed by atoms with E-state index in [9.17, 15) is 4.79 Å². The zero-order valence-corrected chi connectivity index (χ0v) is 13.9. The van der Waals surface area contributed by atoms with Gasteiger partial charge in [-0.3, -0.25) is 9.20 Å². The maximum Gasteiger partial charge on any atom is 0.260 e. The van der Waals surface area contributed by atoms with E-state index < -0.39 is 0 Å². The number of pyridine rings is 1. The average molecular weight is 320 g/mol. The first-order valence-electron chi connectivity index (χ1n) is 8.42. The summed E-state index contributed by atoms with van der Waals surface area (Å²) in [6.45, 7) is 4.03. The summed E-state index contributed by atoms with van der Waals surface area (Å²) in [5.41, 5.74) is 3.72. The van der Waals surface area contributed by atoms with Gasteiger partial charge < -0.3 is 4.90 Å². The first-order chi connectivity index (χ1) is 11.7. The van der Waals surface area contributed by atoms with Crippen molar-refractivity contribution in [1.82, 2.24) is 14.6 Å². The quantitative estimate of drug-likeness (QED) is 0.727. The van der Waals surface area contributed by atoms with Gasteiger partial charge in [0.2, 0.25) is 0 Å². The Hall–Kier alpha value is -2.69. The normalized spacial score (nSPS) is 17.1. The van der Waals surface area contributed by atoms with Crippen LogP contribution >= 0.6 is 0 Å². The molecule has 0 aliphatic carbocycles. The number of para-hydroxylation sites is 1. The van der Waals surface area contributed by atoms with Gasteiger partial charge in [-0.15, -0.1) is 10.2 Å². The predicted molar refractivity (Wildman–Crippen MR) is 93.4 cm³/mol. The van der Waals surface area contributed by atoms with Crippen LogP contribution in [-0.4, -0.2) is 26.5 Å². The molecule has 0 bridgehead atoms. The SMILES string of the molecule is CCC1CCc2ccccc2N1C(=O)c1ccc2nnc(C)n2c1. The van der Waals surface area contributed by atoms with Crippen molar-refractivity contribution in [3.8, 4) is 0 Å². The highest BCUT2D eigenvalue weighted by molar-refractivity contribution is 6.07.